The van der Waals surface area contributed by atoms with Gasteiger partial charge < -0.3 is 14.6 Å². The molecule has 2 aromatic carbocycles. The Kier molecular flexibility index (Phi) is 7.08. The van der Waals surface area contributed by atoms with Crippen LogP contribution in [0, 0.1) is 12.7 Å². The minimum Gasteiger partial charge on any atom is -0.494 e. The molecular weight excluding hydrogens is 379 g/mol. The van der Waals surface area contributed by atoms with Gasteiger partial charge in [-0.1, -0.05) is 35.5 Å². The summed E-state index contributed by atoms with van der Waals surface area (Å²) in [5, 5.41) is 6.25. The summed E-state index contributed by atoms with van der Waals surface area (Å²) in [6.45, 7) is 2.26. The molecule has 1 heterocycles. The topological polar surface area (TPSA) is 64.4 Å². The first-order chi connectivity index (χ1) is 13.6. The molecule has 0 aliphatic heterocycles. The van der Waals surface area contributed by atoms with E-state index >= 15 is 0 Å². The van der Waals surface area contributed by atoms with Gasteiger partial charge in [-0.05, 0) is 48.9 Å². The van der Waals surface area contributed by atoms with Crippen LogP contribution in [-0.4, -0.2) is 23.4 Å². The van der Waals surface area contributed by atoms with Gasteiger partial charge in [0.1, 0.15) is 22.6 Å². The summed E-state index contributed by atoms with van der Waals surface area (Å²) in [6.07, 6.45) is 0.752. The molecular formula is C21H21FN2O3S. The van der Waals surface area contributed by atoms with Crippen LogP contribution in [0.1, 0.15) is 23.0 Å². The lowest BCUT2D eigenvalue weighted by molar-refractivity contribution is -0.115. The Morgan fingerprint density at radius 1 is 1.21 bits per heavy atom. The number of carbonyl (C=O) groups excluding carboxylic acids is 1. The first-order valence-electron chi connectivity index (χ1n) is 8.91. The fourth-order valence-corrected chi connectivity index (χ4v) is 3.63. The van der Waals surface area contributed by atoms with Crippen molar-refractivity contribution >= 4 is 23.5 Å². The van der Waals surface area contributed by atoms with Crippen LogP contribution in [-0.2, 0) is 4.79 Å². The van der Waals surface area contributed by atoms with Gasteiger partial charge in [0.25, 0.3) is 0 Å². The number of carbonyl (C=O) groups is 1. The molecule has 0 aliphatic rings. The van der Waals surface area contributed by atoms with Crippen molar-refractivity contribution in [2.45, 2.75) is 18.6 Å². The number of aryl methyl sites for hydroxylation is 1. The predicted molar refractivity (Wildman–Crippen MR) is 108 cm³/mol. The van der Waals surface area contributed by atoms with Crippen LogP contribution in [0.25, 0.3) is 0 Å². The maximum Gasteiger partial charge on any atom is 0.243 e. The summed E-state index contributed by atoms with van der Waals surface area (Å²) < 4.78 is 23.5. The number of amides is 1. The van der Waals surface area contributed by atoms with E-state index in [2.05, 4.69) is 10.5 Å². The van der Waals surface area contributed by atoms with Gasteiger partial charge in [-0.15, -0.1) is 11.8 Å². The molecule has 1 N–H and O–H groups in total. The molecule has 0 saturated carbocycles. The molecule has 0 saturated heterocycles. The number of rotatable bonds is 9. The van der Waals surface area contributed by atoms with Crippen LogP contribution in [0.4, 0.5) is 10.2 Å². The third kappa shape index (κ3) is 5.85. The van der Waals surface area contributed by atoms with Crippen molar-refractivity contribution in [3.63, 3.8) is 0 Å². The van der Waals surface area contributed by atoms with Gasteiger partial charge in [0.05, 0.1) is 6.61 Å². The van der Waals surface area contributed by atoms with Gasteiger partial charge in [-0.2, -0.15) is 0 Å². The van der Waals surface area contributed by atoms with Crippen molar-refractivity contribution in [3.05, 3.63) is 77.8 Å². The SMILES string of the molecule is Cc1cc(NC(=O)[C@H](SCCCOc2ccc(F)cc2)c2ccccc2)no1. The molecule has 3 rings (SSSR count). The third-order valence-corrected chi connectivity index (χ3v) is 5.22. The molecule has 0 spiro atoms. The summed E-state index contributed by atoms with van der Waals surface area (Å²) in [7, 11) is 0. The van der Waals surface area contributed by atoms with E-state index < -0.39 is 0 Å². The second-order valence-corrected chi connectivity index (χ2v) is 7.34. The van der Waals surface area contributed by atoms with E-state index in [9.17, 15) is 9.18 Å². The number of ether oxygens (including phenoxy) is 1. The lowest BCUT2D eigenvalue weighted by atomic mass is 10.1. The maximum absolute atomic E-state index is 12.9. The average Bonchev–Trinajstić information content (AvgIpc) is 3.11. The van der Waals surface area contributed by atoms with Crippen molar-refractivity contribution in [1.82, 2.24) is 5.16 Å². The van der Waals surface area contributed by atoms with Gasteiger partial charge in [-0.3, -0.25) is 4.79 Å². The van der Waals surface area contributed by atoms with Crippen LogP contribution in [0.5, 0.6) is 5.75 Å². The number of benzene rings is 2. The quantitative estimate of drug-likeness (QED) is 0.512. The molecule has 0 fully saturated rings. The van der Waals surface area contributed by atoms with Gasteiger partial charge in [-0.25, -0.2) is 4.39 Å². The van der Waals surface area contributed by atoms with Gasteiger partial charge in [0, 0.05) is 6.07 Å². The summed E-state index contributed by atoms with van der Waals surface area (Å²) >= 11 is 1.54. The predicted octanol–water partition coefficient (Wildman–Crippen LogP) is 5.00. The van der Waals surface area contributed by atoms with Crippen molar-refractivity contribution < 1.29 is 18.4 Å². The Labute approximate surface area is 167 Å². The smallest absolute Gasteiger partial charge is 0.243 e. The Bertz CT molecular complexity index is 884. The van der Waals surface area contributed by atoms with E-state index in [4.69, 9.17) is 9.26 Å². The van der Waals surface area contributed by atoms with Crippen molar-refractivity contribution in [2.75, 3.05) is 17.7 Å². The third-order valence-electron chi connectivity index (χ3n) is 3.88. The van der Waals surface area contributed by atoms with E-state index in [-0.39, 0.29) is 17.0 Å². The van der Waals surface area contributed by atoms with E-state index in [1.165, 1.54) is 23.9 Å². The lowest BCUT2D eigenvalue weighted by Crippen LogP contribution is -2.19. The number of halogens is 1. The van der Waals surface area contributed by atoms with Crippen LogP contribution < -0.4 is 10.1 Å². The highest BCUT2D eigenvalue weighted by molar-refractivity contribution is 8.00. The molecule has 146 valence electrons. The minimum absolute atomic E-state index is 0.149. The van der Waals surface area contributed by atoms with Crippen molar-refractivity contribution in [1.29, 1.82) is 0 Å². The molecule has 1 atom stereocenters. The number of hydrogen-bond donors (Lipinski definition) is 1. The molecule has 0 radical (unpaired) electrons. The summed E-state index contributed by atoms with van der Waals surface area (Å²) in [5.74, 6) is 1.96. The van der Waals surface area contributed by atoms with Crippen LogP contribution >= 0.6 is 11.8 Å². The second kappa shape index (κ2) is 9.94. The first-order valence-corrected chi connectivity index (χ1v) is 9.96. The highest BCUT2D eigenvalue weighted by Crippen LogP contribution is 2.30. The molecule has 1 aromatic heterocycles. The highest BCUT2D eigenvalue weighted by Gasteiger charge is 2.22. The summed E-state index contributed by atoms with van der Waals surface area (Å²) in [4.78, 5) is 12.8. The monoisotopic (exact) mass is 400 g/mol. The minimum atomic E-state index is -0.371. The molecule has 0 bridgehead atoms. The Morgan fingerprint density at radius 3 is 2.64 bits per heavy atom. The normalized spacial score (nSPS) is 11.8. The van der Waals surface area contributed by atoms with Crippen molar-refractivity contribution in [2.24, 2.45) is 0 Å². The first kappa shape index (κ1) is 19.9. The molecule has 5 nitrogen and oxygen atoms in total. The van der Waals surface area contributed by atoms with Gasteiger partial charge in [0.15, 0.2) is 5.82 Å². The van der Waals surface area contributed by atoms with Gasteiger partial charge in [0.2, 0.25) is 5.91 Å². The molecule has 0 aliphatic carbocycles. The molecule has 1 amide bonds. The second-order valence-electron chi connectivity index (χ2n) is 6.13. The van der Waals surface area contributed by atoms with Gasteiger partial charge >= 0.3 is 0 Å². The molecule has 3 aromatic rings. The number of nitrogens with one attached hydrogen (secondary N) is 1. The number of anilines is 1. The Hall–Kier alpha value is -2.80. The summed E-state index contributed by atoms with van der Waals surface area (Å²) in [5.41, 5.74) is 0.921. The zero-order valence-corrected chi connectivity index (χ0v) is 16.2. The Balaban J connectivity index is 1.53. The van der Waals surface area contributed by atoms with Crippen LogP contribution in [0.15, 0.2) is 65.2 Å². The van der Waals surface area contributed by atoms with Crippen molar-refractivity contribution in [3.8, 4) is 5.75 Å². The van der Waals surface area contributed by atoms with E-state index in [0.717, 1.165) is 17.7 Å². The number of aromatic nitrogens is 1. The fraction of sp³-hybridized carbons (Fsp3) is 0.238. The van der Waals surface area contributed by atoms with Crippen LogP contribution in [0.2, 0.25) is 0 Å². The van der Waals surface area contributed by atoms with E-state index in [0.29, 0.717) is 23.9 Å². The average molecular weight is 400 g/mol. The summed E-state index contributed by atoms with van der Waals surface area (Å²) in [6, 6.07) is 17.2. The molecule has 7 heteroatoms. The number of thioether (sulfide) groups is 1. The zero-order chi connectivity index (χ0) is 19.8. The van der Waals surface area contributed by atoms with Crippen LogP contribution in [0.3, 0.4) is 0 Å². The highest BCUT2D eigenvalue weighted by atomic mass is 32.2. The Morgan fingerprint density at radius 2 is 1.96 bits per heavy atom. The standard InChI is InChI=1S/C21H21FN2O3S/c1-15-14-19(24-27-15)23-21(25)20(16-6-3-2-4-7-16)28-13-5-12-26-18-10-8-17(22)9-11-18/h2-4,6-11,14,20H,5,12-13H2,1H3,(H,23,24,25)/t20-/m1/s1. The maximum atomic E-state index is 12.9. The fourth-order valence-electron chi connectivity index (χ4n) is 2.55. The molecule has 0 unspecified atom stereocenters. The molecule has 28 heavy (non-hydrogen) atoms. The van der Waals surface area contributed by atoms with E-state index in [1.807, 2.05) is 30.3 Å². The largest absolute Gasteiger partial charge is 0.494 e. The number of hydrogen-bond acceptors (Lipinski definition) is 5. The number of nitrogens with zero attached hydrogens (tertiary/aromatic N) is 1. The zero-order valence-electron chi connectivity index (χ0n) is 15.4. The van der Waals surface area contributed by atoms with E-state index in [1.54, 1.807) is 25.1 Å². The lowest BCUT2D eigenvalue weighted by Gasteiger charge is -2.16.